The Balaban J connectivity index is 1.77. The molecular formula is C17H14ClN3O3S. The third kappa shape index (κ3) is 4.07. The molecule has 0 aliphatic rings. The number of pyridine rings is 1. The number of benzene rings is 1. The molecule has 8 heteroatoms. The Hall–Kier alpha value is -2.64. The lowest BCUT2D eigenvalue weighted by atomic mass is 10.2. The van der Waals surface area contributed by atoms with Gasteiger partial charge in [0.05, 0.1) is 6.20 Å². The number of hydrogen-bond donors (Lipinski definition) is 1. The van der Waals surface area contributed by atoms with E-state index in [9.17, 15) is 9.59 Å². The number of rotatable bonds is 5. The number of amides is 1. The molecule has 3 rings (SSSR count). The second kappa shape index (κ2) is 7.50. The first-order chi connectivity index (χ1) is 12.0. The molecule has 0 unspecified atom stereocenters. The minimum Gasteiger partial charge on any atom is -0.483 e. The average molecular weight is 376 g/mol. The van der Waals surface area contributed by atoms with E-state index in [0.29, 0.717) is 10.2 Å². The predicted octanol–water partition coefficient (Wildman–Crippen LogP) is 3.33. The molecule has 0 spiro atoms. The fourth-order valence-electron chi connectivity index (χ4n) is 2.16. The first-order valence-corrected chi connectivity index (χ1v) is 8.58. The van der Waals surface area contributed by atoms with Crippen molar-refractivity contribution in [3.8, 4) is 5.75 Å². The summed E-state index contributed by atoms with van der Waals surface area (Å²) >= 11 is 7.37. The minimum absolute atomic E-state index is 0.146. The maximum atomic E-state index is 12.3. The summed E-state index contributed by atoms with van der Waals surface area (Å²) in [6.07, 6.45) is 3.07. The lowest BCUT2D eigenvalue weighted by molar-refractivity contribution is 0.101. The third-order valence-corrected chi connectivity index (χ3v) is 4.49. The Kier molecular flexibility index (Phi) is 5.16. The summed E-state index contributed by atoms with van der Waals surface area (Å²) < 4.78 is 7.10. The topological polar surface area (TPSA) is 73.2 Å². The van der Waals surface area contributed by atoms with E-state index < -0.39 is 5.91 Å². The van der Waals surface area contributed by atoms with Crippen molar-refractivity contribution in [1.29, 1.82) is 0 Å². The standard InChI is InChI=1S/C17H14ClN3O3S/c1-21-9-15(24-10-11-4-2-3-5-12(11)18)14(22)8-13(21)16(23)20-17-19-6-7-25-17/h2-9H,10H2,1H3,(H,19,20,23). The van der Waals surface area contributed by atoms with Crippen LogP contribution in [0.2, 0.25) is 5.02 Å². The van der Waals surface area contributed by atoms with Gasteiger partial charge in [0.15, 0.2) is 10.9 Å². The zero-order chi connectivity index (χ0) is 17.8. The van der Waals surface area contributed by atoms with E-state index in [1.54, 1.807) is 24.7 Å². The average Bonchev–Trinajstić information content (AvgIpc) is 3.09. The van der Waals surface area contributed by atoms with Gasteiger partial charge in [-0.25, -0.2) is 4.98 Å². The van der Waals surface area contributed by atoms with Gasteiger partial charge < -0.3 is 9.30 Å². The summed E-state index contributed by atoms with van der Waals surface area (Å²) in [7, 11) is 1.67. The molecular weight excluding hydrogens is 362 g/mol. The summed E-state index contributed by atoms with van der Waals surface area (Å²) in [6.45, 7) is 0.166. The zero-order valence-corrected chi connectivity index (χ0v) is 14.8. The van der Waals surface area contributed by atoms with Gasteiger partial charge in [0.1, 0.15) is 12.3 Å². The van der Waals surface area contributed by atoms with Crippen molar-refractivity contribution in [2.75, 3.05) is 5.32 Å². The maximum absolute atomic E-state index is 12.3. The molecule has 6 nitrogen and oxygen atoms in total. The molecule has 0 fully saturated rings. The highest BCUT2D eigenvalue weighted by Crippen LogP contribution is 2.17. The lowest BCUT2D eigenvalue weighted by Gasteiger charge is -2.11. The number of hydrogen-bond acceptors (Lipinski definition) is 5. The molecule has 0 aliphatic carbocycles. The first kappa shape index (κ1) is 17.2. The van der Waals surface area contributed by atoms with Crippen molar-refractivity contribution in [2.24, 2.45) is 7.05 Å². The van der Waals surface area contributed by atoms with Crippen molar-refractivity contribution in [1.82, 2.24) is 9.55 Å². The van der Waals surface area contributed by atoms with Crippen LogP contribution in [0.15, 0.2) is 52.9 Å². The molecule has 3 aromatic rings. The fraction of sp³-hybridized carbons (Fsp3) is 0.118. The highest BCUT2D eigenvalue weighted by molar-refractivity contribution is 7.13. The molecule has 128 valence electrons. The van der Waals surface area contributed by atoms with E-state index in [4.69, 9.17) is 16.3 Å². The Morgan fingerprint density at radius 3 is 2.92 bits per heavy atom. The van der Waals surface area contributed by atoms with Gasteiger partial charge in [0.25, 0.3) is 5.91 Å². The second-order valence-electron chi connectivity index (χ2n) is 5.17. The van der Waals surface area contributed by atoms with Crippen LogP contribution in [-0.4, -0.2) is 15.5 Å². The molecule has 0 atom stereocenters. The highest BCUT2D eigenvalue weighted by atomic mass is 35.5. The number of thiazole rings is 1. The van der Waals surface area contributed by atoms with Crippen molar-refractivity contribution in [2.45, 2.75) is 6.61 Å². The summed E-state index contributed by atoms with van der Waals surface area (Å²) in [5.74, 6) is -0.263. The number of carbonyl (C=O) groups excluding carboxylic acids is 1. The third-order valence-electron chi connectivity index (χ3n) is 3.43. The number of ether oxygens (including phenoxy) is 1. The molecule has 0 bridgehead atoms. The molecule has 2 heterocycles. The summed E-state index contributed by atoms with van der Waals surface area (Å²) in [5.41, 5.74) is 0.608. The van der Waals surface area contributed by atoms with Crippen LogP contribution in [0.1, 0.15) is 16.1 Å². The van der Waals surface area contributed by atoms with Gasteiger partial charge in [-0.05, 0) is 6.07 Å². The van der Waals surface area contributed by atoms with Crippen molar-refractivity contribution >= 4 is 34.0 Å². The van der Waals surface area contributed by atoms with E-state index in [1.807, 2.05) is 18.2 Å². The number of aromatic nitrogens is 2. The largest absolute Gasteiger partial charge is 0.483 e. The monoisotopic (exact) mass is 375 g/mol. The maximum Gasteiger partial charge on any atom is 0.274 e. The molecule has 25 heavy (non-hydrogen) atoms. The number of aryl methyl sites for hydroxylation is 1. The van der Waals surface area contributed by atoms with Crippen LogP contribution in [0.3, 0.4) is 0 Å². The van der Waals surface area contributed by atoms with Gasteiger partial charge >= 0.3 is 0 Å². The second-order valence-corrected chi connectivity index (χ2v) is 6.47. The van der Waals surface area contributed by atoms with E-state index in [2.05, 4.69) is 10.3 Å². The number of halogens is 1. The number of anilines is 1. The van der Waals surface area contributed by atoms with Crippen molar-refractivity contribution in [3.63, 3.8) is 0 Å². The SMILES string of the molecule is Cn1cc(OCc2ccccc2Cl)c(=O)cc1C(=O)Nc1nccs1. The molecule has 1 N–H and O–H groups in total. The predicted molar refractivity (Wildman–Crippen MR) is 97.5 cm³/mol. The van der Waals surface area contributed by atoms with E-state index in [1.165, 1.54) is 28.2 Å². The molecule has 0 aliphatic heterocycles. The van der Waals surface area contributed by atoms with Crippen LogP contribution in [0, 0.1) is 0 Å². The van der Waals surface area contributed by atoms with Crippen LogP contribution < -0.4 is 15.5 Å². The van der Waals surface area contributed by atoms with Gasteiger partial charge in [0.2, 0.25) is 5.43 Å². The molecule has 0 saturated carbocycles. The van der Waals surface area contributed by atoms with E-state index in [0.717, 1.165) is 5.56 Å². The van der Waals surface area contributed by atoms with Crippen LogP contribution in [-0.2, 0) is 13.7 Å². The van der Waals surface area contributed by atoms with Crippen molar-refractivity contribution < 1.29 is 9.53 Å². The number of nitrogens with zero attached hydrogens (tertiary/aromatic N) is 2. The van der Waals surface area contributed by atoms with Crippen LogP contribution in [0.5, 0.6) is 5.75 Å². The van der Waals surface area contributed by atoms with Gasteiger partial charge in [0, 0.05) is 35.3 Å². The Labute approximate surface area is 152 Å². The zero-order valence-electron chi connectivity index (χ0n) is 13.2. The molecule has 1 aromatic carbocycles. The number of nitrogens with one attached hydrogen (secondary N) is 1. The Morgan fingerprint density at radius 2 is 2.20 bits per heavy atom. The Morgan fingerprint density at radius 1 is 1.40 bits per heavy atom. The van der Waals surface area contributed by atoms with E-state index in [-0.39, 0.29) is 23.5 Å². The summed E-state index contributed by atoms with van der Waals surface area (Å²) in [4.78, 5) is 28.5. The fourth-order valence-corrected chi connectivity index (χ4v) is 2.87. The molecule has 0 saturated heterocycles. The normalized spacial score (nSPS) is 10.5. The molecule has 0 radical (unpaired) electrons. The first-order valence-electron chi connectivity index (χ1n) is 7.32. The van der Waals surface area contributed by atoms with Crippen LogP contribution in [0.4, 0.5) is 5.13 Å². The van der Waals surface area contributed by atoms with Crippen LogP contribution >= 0.6 is 22.9 Å². The molecule has 2 aromatic heterocycles. The molecule has 1 amide bonds. The number of carbonyl (C=O) groups is 1. The highest BCUT2D eigenvalue weighted by Gasteiger charge is 2.14. The van der Waals surface area contributed by atoms with E-state index >= 15 is 0 Å². The Bertz CT molecular complexity index is 954. The van der Waals surface area contributed by atoms with Gasteiger partial charge in [-0.15, -0.1) is 11.3 Å². The quantitative estimate of drug-likeness (QED) is 0.742. The van der Waals surface area contributed by atoms with Gasteiger partial charge in [-0.2, -0.15) is 0 Å². The smallest absolute Gasteiger partial charge is 0.274 e. The van der Waals surface area contributed by atoms with Gasteiger partial charge in [-0.1, -0.05) is 29.8 Å². The van der Waals surface area contributed by atoms with Crippen LogP contribution in [0.25, 0.3) is 0 Å². The van der Waals surface area contributed by atoms with Crippen molar-refractivity contribution in [3.05, 3.63) is 74.6 Å². The lowest BCUT2D eigenvalue weighted by Crippen LogP contribution is -2.21. The summed E-state index contributed by atoms with van der Waals surface area (Å²) in [6, 6.07) is 8.48. The summed E-state index contributed by atoms with van der Waals surface area (Å²) in [5, 5.41) is 5.43. The van der Waals surface area contributed by atoms with Gasteiger partial charge in [-0.3, -0.25) is 14.9 Å². The minimum atomic E-state index is -0.410.